The van der Waals surface area contributed by atoms with Gasteiger partial charge in [-0.3, -0.25) is 14.9 Å². The van der Waals surface area contributed by atoms with Crippen LogP contribution < -0.4 is 5.32 Å². The van der Waals surface area contributed by atoms with Crippen LogP contribution in [0, 0.1) is 17.0 Å². The van der Waals surface area contributed by atoms with Crippen LogP contribution >= 0.6 is 23.4 Å². The van der Waals surface area contributed by atoms with E-state index in [9.17, 15) is 14.9 Å². The molecule has 0 bridgehead atoms. The number of aliphatic carboxylic acids is 1. The highest BCUT2D eigenvalue weighted by atomic mass is 35.5. The molecular formula is C11H13ClN2O4S. The lowest BCUT2D eigenvalue weighted by molar-refractivity contribution is -0.387. The minimum atomic E-state index is -1.01. The van der Waals surface area contributed by atoms with Crippen LogP contribution in [0.4, 0.5) is 5.69 Å². The molecule has 0 fully saturated rings. The molecule has 0 saturated heterocycles. The summed E-state index contributed by atoms with van der Waals surface area (Å²) in [5.41, 5.74) is 0.583. The van der Waals surface area contributed by atoms with Crippen molar-refractivity contribution >= 4 is 35.0 Å². The van der Waals surface area contributed by atoms with Crippen LogP contribution in [0.2, 0.25) is 5.02 Å². The summed E-state index contributed by atoms with van der Waals surface area (Å²) in [5, 5.41) is 22.8. The fourth-order valence-electron chi connectivity index (χ4n) is 1.43. The zero-order valence-corrected chi connectivity index (χ0v) is 11.9. The van der Waals surface area contributed by atoms with E-state index in [1.54, 1.807) is 13.0 Å². The van der Waals surface area contributed by atoms with Crippen molar-refractivity contribution in [3.63, 3.8) is 0 Å². The summed E-state index contributed by atoms with van der Waals surface area (Å²) < 4.78 is 0. The topological polar surface area (TPSA) is 92.5 Å². The van der Waals surface area contributed by atoms with Gasteiger partial charge in [-0.05, 0) is 25.6 Å². The monoisotopic (exact) mass is 304 g/mol. The lowest BCUT2D eigenvalue weighted by Crippen LogP contribution is -2.35. The van der Waals surface area contributed by atoms with Crippen molar-refractivity contribution in [2.75, 3.05) is 12.8 Å². The van der Waals surface area contributed by atoms with Gasteiger partial charge in [0.1, 0.15) is 10.9 Å². The number of nitrogens with one attached hydrogen (secondary N) is 1. The molecule has 0 aliphatic heterocycles. The Morgan fingerprint density at radius 2 is 2.26 bits per heavy atom. The van der Waals surface area contributed by atoms with E-state index in [0.29, 0.717) is 10.5 Å². The number of nitrogens with zero attached hydrogens (tertiary/aromatic N) is 1. The van der Waals surface area contributed by atoms with E-state index in [1.807, 2.05) is 0 Å². The molecule has 1 aromatic rings. The third kappa shape index (κ3) is 4.09. The number of benzene rings is 1. The van der Waals surface area contributed by atoms with Crippen LogP contribution in [0.15, 0.2) is 17.0 Å². The summed E-state index contributed by atoms with van der Waals surface area (Å²) >= 11 is 7.05. The molecule has 104 valence electrons. The number of hydrogen-bond donors (Lipinski definition) is 2. The Balaban J connectivity index is 3.00. The lowest BCUT2D eigenvalue weighted by atomic mass is 10.2. The molecule has 0 spiro atoms. The Hall–Kier alpha value is -1.31. The Morgan fingerprint density at radius 3 is 2.74 bits per heavy atom. The largest absolute Gasteiger partial charge is 0.480 e. The molecule has 0 saturated carbocycles. The van der Waals surface area contributed by atoms with Crippen LogP contribution in [0.3, 0.4) is 0 Å². The Bertz CT molecular complexity index is 510. The first-order chi connectivity index (χ1) is 8.86. The normalized spacial score (nSPS) is 12.2. The molecule has 0 aromatic heterocycles. The number of carboxylic acid groups (broad SMARTS) is 1. The third-order valence-corrected chi connectivity index (χ3v) is 4.03. The minimum absolute atomic E-state index is 0.102. The summed E-state index contributed by atoms with van der Waals surface area (Å²) in [6.07, 6.45) is 0. The van der Waals surface area contributed by atoms with Gasteiger partial charge in [0.2, 0.25) is 0 Å². The van der Waals surface area contributed by atoms with Gasteiger partial charge >= 0.3 is 5.97 Å². The maximum atomic E-state index is 11.0. The zero-order chi connectivity index (χ0) is 14.6. The summed E-state index contributed by atoms with van der Waals surface area (Å²) in [6, 6.07) is 2.25. The second-order valence-electron chi connectivity index (χ2n) is 3.84. The first-order valence-corrected chi connectivity index (χ1v) is 6.70. The molecule has 0 amide bonds. The highest BCUT2D eigenvalue weighted by Crippen LogP contribution is 2.37. The van der Waals surface area contributed by atoms with Gasteiger partial charge in [0, 0.05) is 11.8 Å². The van der Waals surface area contributed by atoms with E-state index in [0.717, 1.165) is 11.8 Å². The number of nitro groups is 1. The first-order valence-electron chi connectivity index (χ1n) is 5.34. The van der Waals surface area contributed by atoms with Crippen LogP contribution in [0.25, 0.3) is 0 Å². The number of carboxylic acids is 1. The standard InChI is InChI=1S/C11H13ClN2O4S/c1-6-3-7(12)10(9(4-6)14(17)18)19-5-8(13-2)11(15)16/h3-4,8,13H,5H2,1-2H3,(H,15,16)/t8-/m0/s1. The Kier molecular flexibility index (Phi) is 5.59. The number of halogens is 1. The van der Waals surface area contributed by atoms with E-state index >= 15 is 0 Å². The van der Waals surface area contributed by atoms with Crippen LogP contribution in [0.5, 0.6) is 0 Å². The fourth-order valence-corrected chi connectivity index (χ4v) is 2.99. The molecular weight excluding hydrogens is 292 g/mol. The molecule has 0 aliphatic rings. The maximum absolute atomic E-state index is 11.0. The smallest absolute Gasteiger partial charge is 0.321 e. The molecule has 19 heavy (non-hydrogen) atoms. The number of hydrogen-bond acceptors (Lipinski definition) is 5. The van der Waals surface area contributed by atoms with E-state index in [1.165, 1.54) is 13.1 Å². The van der Waals surface area contributed by atoms with Gasteiger partial charge in [-0.25, -0.2) is 0 Å². The summed E-state index contributed by atoms with van der Waals surface area (Å²) in [5.74, 6) is -0.865. The van der Waals surface area contributed by atoms with Gasteiger partial charge in [0.25, 0.3) is 5.69 Å². The van der Waals surface area contributed by atoms with Gasteiger partial charge in [-0.15, -0.1) is 11.8 Å². The van der Waals surface area contributed by atoms with Crippen LogP contribution in [-0.4, -0.2) is 34.8 Å². The number of nitro benzene ring substituents is 1. The number of aryl methyl sites for hydroxylation is 1. The summed E-state index contributed by atoms with van der Waals surface area (Å²) in [4.78, 5) is 21.6. The van der Waals surface area contributed by atoms with Crippen molar-refractivity contribution in [3.8, 4) is 0 Å². The molecule has 0 unspecified atom stereocenters. The quantitative estimate of drug-likeness (QED) is 0.476. The number of rotatable bonds is 6. The summed E-state index contributed by atoms with van der Waals surface area (Å²) in [6.45, 7) is 1.71. The average Bonchev–Trinajstić information content (AvgIpc) is 2.30. The molecule has 1 rings (SSSR count). The van der Waals surface area contributed by atoms with Crippen LogP contribution in [-0.2, 0) is 4.79 Å². The van der Waals surface area contributed by atoms with Crippen LogP contribution in [0.1, 0.15) is 5.56 Å². The predicted octanol–water partition coefficient (Wildman–Crippen LogP) is 2.32. The Labute approximate surface area is 119 Å². The predicted molar refractivity (Wildman–Crippen MR) is 74.1 cm³/mol. The summed E-state index contributed by atoms with van der Waals surface area (Å²) in [7, 11) is 1.52. The second kappa shape index (κ2) is 6.74. The first kappa shape index (κ1) is 15.7. The highest BCUT2D eigenvalue weighted by molar-refractivity contribution is 7.99. The van der Waals surface area contributed by atoms with Gasteiger partial charge in [0.05, 0.1) is 9.95 Å². The minimum Gasteiger partial charge on any atom is -0.480 e. The molecule has 1 aromatic carbocycles. The van der Waals surface area contributed by atoms with Crippen molar-refractivity contribution < 1.29 is 14.8 Å². The maximum Gasteiger partial charge on any atom is 0.321 e. The van der Waals surface area contributed by atoms with Gasteiger partial charge < -0.3 is 10.4 Å². The molecule has 8 heteroatoms. The highest BCUT2D eigenvalue weighted by Gasteiger charge is 2.22. The van der Waals surface area contributed by atoms with Gasteiger partial charge in [0.15, 0.2) is 0 Å². The van der Waals surface area contributed by atoms with Crippen molar-refractivity contribution in [2.45, 2.75) is 17.9 Å². The van der Waals surface area contributed by atoms with Crippen molar-refractivity contribution in [1.82, 2.24) is 5.32 Å². The fraction of sp³-hybridized carbons (Fsp3) is 0.364. The molecule has 0 heterocycles. The lowest BCUT2D eigenvalue weighted by Gasteiger charge is -2.11. The van der Waals surface area contributed by atoms with Gasteiger partial charge in [-0.1, -0.05) is 11.6 Å². The van der Waals surface area contributed by atoms with Crippen molar-refractivity contribution in [2.24, 2.45) is 0 Å². The Morgan fingerprint density at radius 1 is 1.63 bits per heavy atom. The van der Waals surface area contributed by atoms with E-state index < -0.39 is 16.9 Å². The molecule has 2 N–H and O–H groups in total. The second-order valence-corrected chi connectivity index (χ2v) is 5.28. The number of thioether (sulfide) groups is 1. The van der Waals surface area contributed by atoms with E-state index in [4.69, 9.17) is 16.7 Å². The van der Waals surface area contributed by atoms with E-state index in [2.05, 4.69) is 5.32 Å². The number of likely N-dealkylation sites (N-methyl/N-ethyl adjacent to an activating group) is 1. The SMILES string of the molecule is CN[C@@H](CSc1c(Cl)cc(C)cc1[N+](=O)[O-])C(=O)O. The molecule has 6 nitrogen and oxygen atoms in total. The van der Waals surface area contributed by atoms with Gasteiger partial charge in [-0.2, -0.15) is 0 Å². The van der Waals surface area contributed by atoms with Crippen molar-refractivity contribution in [1.29, 1.82) is 0 Å². The molecule has 0 radical (unpaired) electrons. The van der Waals surface area contributed by atoms with Crippen molar-refractivity contribution in [3.05, 3.63) is 32.8 Å². The third-order valence-electron chi connectivity index (χ3n) is 2.41. The molecule has 0 aliphatic carbocycles. The molecule has 1 atom stereocenters. The average molecular weight is 305 g/mol. The van der Waals surface area contributed by atoms with E-state index in [-0.39, 0.29) is 16.5 Å². The number of carbonyl (C=O) groups is 1. The zero-order valence-electron chi connectivity index (χ0n) is 10.3.